The molecule has 0 heterocycles. The van der Waals surface area contributed by atoms with E-state index in [1.54, 1.807) is 0 Å². The van der Waals surface area contributed by atoms with E-state index >= 15 is 0 Å². The molecular weight excluding hydrogens is 426 g/mol. The Labute approximate surface area is 202 Å². The SMILES string of the molecule is COCC(=O)[C@@]1(O)CC[C@H]2[C@@H]3CCC4=CC(=O)CCC4=C3C(c3ccc(N(C)C)cc3)C[C@@]21C. The summed E-state index contributed by atoms with van der Waals surface area (Å²) in [6, 6.07) is 8.74. The third-order valence-electron chi connectivity index (χ3n) is 9.44. The van der Waals surface area contributed by atoms with E-state index in [-0.39, 0.29) is 30.0 Å². The Hall–Kier alpha value is -2.24. The van der Waals surface area contributed by atoms with Crippen molar-refractivity contribution in [3.05, 3.63) is 52.6 Å². The predicted molar refractivity (Wildman–Crippen MR) is 133 cm³/mol. The highest BCUT2D eigenvalue weighted by molar-refractivity contribution is 5.93. The molecule has 4 aliphatic rings. The molecule has 5 heteroatoms. The molecule has 1 aromatic carbocycles. The van der Waals surface area contributed by atoms with Crippen molar-refractivity contribution in [3.63, 3.8) is 0 Å². The second kappa shape index (κ2) is 8.46. The van der Waals surface area contributed by atoms with Crippen LogP contribution < -0.4 is 4.90 Å². The number of ether oxygens (including phenoxy) is 1. The number of Topliss-reactive ketones (excluding diaryl/α,β-unsaturated/α-hetero) is 1. The van der Waals surface area contributed by atoms with Crippen molar-refractivity contribution < 1.29 is 19.4 Å². The average Bonchev–Trinajstić information content (AvgIpc) is 3.10. The van der Waals surface area contributed by atoms with Crippen molar-refractivity contribution in [2.75, 3.05) is 32.7 Å². The van der Waals surface area contributed by atoms with Crippen molar-refractivity contribution in [2.24, 2.45) is 17.3 Å². The van der Waals surface area contributed by atoms with Crippen LogP contribution in [0.2, 0.25) is 0 Å². The van der Waals surface area contributed by atoms with Crippen LogP contribution in [-0.4, -0.2) is 50.1 Å². The molecule has 0 spiro atoms. The molecule has 182 valence electrons. The number of hydrogen-bond acceptors (Lipinski definition) is 5. The lowest BCUT2D eigenvalue weighted by Gasteiger charge is -2.54. The van der Waals surface area contributed by atoms with Crippen LogP contribution in [0.1, 0.15) is 63.4 Å². The molecule has 0 bridgehead atoms. The minimum absolute atomic E-state index is 0.0470. The Morgan fingerprint density at radius 3 is 2.56 bits per heavy atom. The Kier molecular flexibility index (Phi) is 5.84. The number of anilines is 1. The number of rotatable bonds is 5. The zero-order chi connectivity index (χ0) is 24.3. The van der Waals surface area contributed by atoms with Crippen molar-refractivity contribution >= 4 is 17.3 Å². The van der Waals surface area contributed by atoms with E-state index in [4.69, 9.17) is 4.74 Å². The topological polar surface area (TPSA) is 66.8 Å². The first-order valence-electron chi connectivity index (χ1n) is 12.7. The Balaban J connectivity index is 1.65. The molecule has 5 atom stereocenters. The van der Waals surface area contributed by atoms with E-state index in [1.165, 1.54) is 29.4 Å². The van der Waals surface area contributed by atoms with Gasteiger partial charge in [-0.25, -0.2) is 0 Å². The molecule has 34 heavy (non-hydrogen) atoms. The maximum atomic E-state index is 13.2. The number of hydrogen-bond donors (Lipinski definition) is 1. The molecule has 0 amide bonds. The van der Waals surface area contributed by atoms with Crippen LogP contribution >= 0.6 is 0 Å². The van der Waals surface area contributed by atoms with Crippen molar-refractivity contribution in [1.29, 1.82) is 0 Å². The van der Waals surface area contributed by atoms with E-state index in [9.17, 15) is 14.7 Å². The van der Waals surface area contributed by atoms with Gasteiger partial charge in [0.15, 0.2) is 11.6 Å². The molecule has 0 radical (unpaired) electrons. The maximum absolute atomic E-state index is 13.2. The van der Waals surface area contributed by atoms with Gasteiger partial charge in [0.05, 0.1) is 0 Å². The van der Waals surface area contributed by atoms with Gasteiger partial charge in [-0.05, 0) is 85.3 Å². The first kappa shape index (κ1) is 23.5. The number of allylic oxidation sites excluding steroid dienone is 4. The van der Waals surface area contributed by atoms with Gasteiger partial charge in [0.1, 0.15) is 12.2 Å². The predicted octanol–water partition coefficient (Wildman–Crippen LogP) is 4.60. The first-order chi connectivity index (χ1) is 16.2. The summed E-state index contributed by atoms with van der Waals surface area (Å²) >= 11 is 0. The number of carbonyl (C=O) groups is 2. The number of benzene rings is 1. The average molecular weight is 464 g/mol. The van der Waals surface area contributed by atoms with Crippen LogP contribution in [0.15, 0.2) is 47.1 Å². The van der Waals surface area contributed by atoms with Crippen LogP contribution in [0.25, 0.3) is 0 Å². The zero-order valence-electron chi connectivity index (χ0n) is 20.9. The number of carbonyl (C=O) groups excluding carboxylic acids is 2. The highest BCUT2D eigenvalue weighted by Crippen LogP contribution is 2.66. The van der Waals surface area contributed by atoms with Crippen LogP contribution in [0.5, 0.6) is 0 Å². The first-order valence-corrected chi connectivity index (χ1v) is 12.7. The number of aliphatic hydroxyl groups is 1. The molecule has 1 N–H and O–H groups in total. The standard InChI is InChI=1S/C29H37NO4/c1-28-16-24(18-5-8-20(9-6-18)30(2)3)27-22-12-10-21(31)15-19(22)7-11-23(27)25(28)13-14-29(28,33)26(32)17-34-4/h5-6,8-9,15,23-25,33H,7,10-14,16-17H2,1-4H3/t23-,24?,25-,28-,29-/m0/s1. The molecule has 2 saturated carbocycles. The highest BCUT2D eigenvalue weighted by Gasteiger charge is 2.65. The van der Waals surface area contributed by atoms with E-state index in [2.05, 4.69) is 36.1 Å². The monoisotopic (exact) mass is 463 g/mol. The van der Waals surface area contributed by atoms with Crippen LogP contribution in [0, 0.1) is 17.3 Å². The molecule has 4 aliphatic carbocycles. The molecule has 5 nitrogen and oxygen atoms in total. The summed E-state index contributed by atoms with van der Waals surface area (Å²) in [6.45, 7) is 2.10. The normalized spacial score (nSPS) is 34.8. The second-order valence-corrected chi connectivity index (χ2v) is 11.2. The molecular formula is C29H37NO4. The van der Waals surface area contributed by atoms with E-state index in [0.29, 0.717) is 18.8 Å². The summed E-state index contributed by atoms with van der Waals surface area (Å²) in [7, 11) is 5.60. The highest BCUT2D eigenvalue weighted by atomic mass is 16.5. The minimum Gasteiger partial charge on any atom is -0.381 e. The largest absolute Gasteiger partial charge is 0.381 e. The second-order valence-electron chi connectivity index (χ2n) is 11.2. The van der Waals surface area contributed by atoms with Gasteiger partial charge in [0, 0.05) is 44.6 Å². The van der Waals surface area contributed by atoms with E-state index in [1.807, 2.05) is 20.2 Å². The smallest absolute Gasteiger partial charge is 0.190 e. The Morgan fingerprint density at radius 1 is 1.15 bits per heavy atom. The van der Waals surface area contributed by atoms with Gasteiger partial charge >= 0.3 is 0 Å². The van der Waals surface area contributed by atoms with Crippen LogP contribution in [0.4, 0.5) is 5.69 Å². The third kappa shape index (κ3) is 3.43. The minimum atomic E-state index is -1.36. The lowest BCUT2D eigenvalue weighted by molar-refractivity contribution is -0.158. The van der Waals surface area contributed by atoms with Gasteiger partial charge in [0.25, 0.3) is 0 Å². The summed E-state index contributed by atoms with van der Waals surface area (Å²) in [6.07, 6.45) is 7.28. The van der Waals surface area contributed by atoms with Gasteiger partial charge < -0.3 is 14.7 Å². The third-order valence-corrected chi connectivity index (χ3v) is 9.44. The van der Waals surface area contributed by atoms with Gasteiger partial charge in [-0.3, -0.25) is 9.59 Å². The molecule has 2 fully saturated rings. The fourth-order valence-corrected chi connectivity index (χ4v) is 7.68. The lowest BCUT2D eigenvalue weighted by atomic mass is 9.50. The van der Waals surface area contributed by atoms with Gasteiger partial charge in [0.2, 0.25) is 0 Å². The molecule has 1 unspecified atom stereocenters. The van der Waals surface area contributed by atoms with Crippen molar-refractivity contribution in [1.82, 2.24) is 0 Å². The molecule has 0 aliphatic heterocycles. The molecule has 1 aromatic rings. The summed E-state index contributed by atoms with van der Waals surface area (Å²) in [4.78, 5) is 27.5. The van der Waals surface area contributed by atoms with Gasteiger partial charge in [-0.15, -0.1) is 0 Å². The Bertz CT molecular complexity index is 1070. The zero-order valence-corrected chi connectivity index (χ0v) is 20.9. The Morgan fingerprint density at radius 2 is 1.88 bits per heavy atom. The quantitative estimate of drug-likeness (QED) is 0.691. The lowest BCUT2D eigenvalue weighted by Crippen LogP contribution is -2.56. The molecule has 0 aromatic heterocycles. The van der Waals surface area contributed by atoms with Gasteiger partial charge in [-0.1, -0.05) is 24.6 Å². The van der Waals surface area contributed by atoms with E-state index < -0.39 is 11.0 Å². The number of nitrogens with zero attached hydrogens (tertiary/aromatic N) is 1. The molecule has 0 saturated heterocycles. The molecule has 5 rings (SSSR count). The number of ketones is 2. The summed E-state index contributed by atoms with van der Waals surface area (Å²) in [5, 5.41) is 11.9. The fraction of sp³-hybridized carbons (Fsp3) is 0.586. The number of methoxy groups -OCH3 is 1. The van der Waals surface area contributed by atoms with Crippen LogP contribution in [-0.2, 0) is 14.3 Å². The fourth-order valence-electron chi connectivity index (χ4n) is 7.68. The summed E-state index contributed by atoms with van der Waals surface area (Å²) < 4.78 is 5.18. The van der Waals surface area contributed by atoms with Crippen molar-refractivity contribution in [3.8, 4) is 0 Å². The van der Waals surface area contributed by atoms with E-state index in [0.717, 1.165) is 37.8 Å². The maximum Gasteiger partial charge on any atom is 0.190 e. The summed E-state index contributed by atoms with van der Waals surface area (Å²) in [5.41, 5.74) is 4.62. The number of fused-ring (bicyclic) bond motifs is 4. The van der Waals surface area contributed by atoms with Crippen molar-refractivity contribution in [2.45, 2.75) is 63.4 Å². The van der Waals surface area contributed by atoms with Gasteiger partial charge in [-0.2, -0.15) is 0 Å². The summed E-state index contributed by atoms with van der Waals surface area (Å²) in [5.74, 6) is 0.789. The van der Waals surface area contributed by atoms with Crippen LogP contribution in [0.3, 0.4) is 0 Å².